The summed E-state index contributed by atoms with van der Waals surface area (Å²) in [5.41, 5.74) is -0.943. The average Bonchev–Trinajstić information content (AvgIpc) is 2.81. The van der Waals surface area contributed by atoms with Crippen LogP contribution in [0.3, 0.4) is 0 Å². The Morgan fingerprint density at radius 1 is 1.37 bits per heavy atom. The van der Waals surface area contributed by atoms with E-state index < -0.39 is 17.6 Å². The van der Waals surface area contributed by atoms with Crippen molar-refractivity contribution in [2.75, 3.05) is 19.6 Å². The number of rotatable bonds is 1. The molecule has 0 aliphatic carbocycles. The second-order valence-electron chi connectivity index (χ2n) is 5.44. The molecule has 0 spiro atoms. The highest BCUT2D eigenvalue weighted by Crippen LogP contribution is 2.24. The first kappa shape index (κ1) is 13.6. The summed E-state index contributed by atoms with van der Waals surface area (Å²) in [5, 5.41) is 11.8. The molecule has 2 N–H and O–H groups in total. The van der Waals surface area contributed by atoms with Crippen LogP contribution in [0.25, 0.3) is 0 Å². The van der Waals surface area contributed by atoms with Crippen LogP contribution in [0.15, 0.2) is 0 Å². The van der Waals surface area contributed by atoms with Crippen LogP contribution < -0.4 is 5.32 Å². The number of nitrogens with one attached hydrogen (secondary N) is 1. The zero-order valence-electron chi connectivity index (χ0n) is 11.2. The highest BCUT2D eigenvalue weighted by molar-refractivity contribution is 5.92. The molecule has 2 saturated heterocycles. The summed E-state index contributed by atoms with van der Waals surface area (Å²) in [6, 6.07) is -1.13. The SMILES string of the molecule is CC1(C)C(=O)NCCN1C(=O)N1CCC[C@@H]1C(=O)O. The van der Waals surface area contributed by atoms with E-state index in [-0.39, 0.29) is 11.9 Å². The van der Waals surface area contributed by atoms with E-state index in [1.807, 2.05) is 0 Å². The Morgan fingerprint density at radius 2 is 2.05 bits per heavy atom. The minimum Gasteiger partial charge on any atom is -0.480 e. The maximum absolute atomic E-state index is 12.5. The molecule has 0 aromatic rings. The molecule has 0 aromatic heterocycles. The minimum atomic E-state index is -0.981. The predicted octanol–water partition coefficient (Wildman–Crippen LogP) is -0.134. The van der Waals surface area contributed by atoms with Crippen molar-refractivity contribution in [3.8, 4) is 0 Å². The number of carbonyl (C=O) groups is 3. The smallest absolute Gasteiger partial charge is 0.326 e. The fraction of sp³-hybridized carbons (Fsp3) is 0.750. The van der Waals surface area contributed by atoms with E-state index in [0.29, 0.717) is 32.5 Å². The maximum Gasteiger partial charge on any atom is 0.326 e. The Hall–Kier alpha value is -1.79. The average molecular weight is 269 g/mol. The number of carbonyl (C=O) groups excluding carboxylic acids is 2. The largest absolute Gasteiger partial charge is 0.480 e. The summed E-state index contributed by atoms with van der Waals surface area (Å²) >= 11 is 0. The lowest BCUT2D eigenvalue weighted by atomic mass is 9.99. The Kier molecular flexibility index (Phi) is 3.38. The summed E-state index contributed by atoms with van der Waals surface area (Å²) in [7, 11) is 0. The Bertz CT molecular complexity index is 421. The third-order valence-electron chi connectivity index (χ3n) is 3.87. The van der Waals surface area contributed by atoms with Crippen molar-refractivity contribution in [3.05, 3.63) is 0 Å². The summed E-state index contributed by atoms with van der Waals surface area (Å²) < 4.78 is 0. The molecule has 1 atom stereocenters. The van der Waals surface area contributed by atoms with Crippen LogP contribution >= 0.6 is 0 Å². The maximum atomic E-state index is 12.5. The first-order chi connectivity index (χ1) is 8.85. The van der Waals surface area contributed by atoms with Gasteiger partial charge in [-0.2, -0.15) is 0 Å². The van der Waals surface area contributed by atoms with Crippen molar-refractivity contribution < 1.29 is 19.5 Å². The van der Waals surface area contributed by atoms with E-state index in [0.717, 1.165) is 0 Å². The summed E-state index contributed by atoms with van der Waals surface area (Å²) in [6.07, 6.45) is 1.16. The lowest BCUT2D eigenvalue weighted by Crippen LogP contribution is -2.66. The van der Waals surface area contributed by atoms with Crippen LogP contribution in [0.1, 0.15) is 26.7 Å². The number of carboxylic acid groups (broad SMARTS) is 1. The number of hydrogen-bond acceptors (Lipinski definition) is 3. The number of piperazine rings is 1. The summed E-state index contributed by atoms with van der Waals surface area (Å²) in [4.78, 5) is 38.3. The van der Waals surface area contributed by atoms with E-state index in [1.165, 1.54) is 9.80 Å². The van der Waals surface area contributed by atoms with Crippen molar-refractivity contribution in [3.63, 3.8) is 0 Å². The third-order valence-corrected chi connectivity index (χ3v) is 3.87. The second kappa shape index (κ2) is 4.71. The van der Waals surface area contributed by atoms with E-state index >= 15 is 0 Å². The van der Waals surface area contributed by atoms with E-state index in [1.54, 1.807) is 13.8 Å². The fourth-order valence-electron chi connectivity index (χ4n) is 2.64. The predicted molar refractivity (Wildman–Crippen MR) is 66.6 cm³/mol. The normalized spacial score (nSPS) is 26.2. The number of urea groups is 1. The van der Waals surface area contributed by atoms with Gasteiger partial charge >= 0.3 is 12.0 Å². The fourth-order valence-corrected chi connectivity index (χ4v) is 2.64. The van der Waals surface area contributed by atoms with Gasteiger partial charge in [-0.05, 0) is 26.7 Å². The van der Waals surface area contributed by atoms with Crippen molar-refractivity contribution in [2.45, 2.75) is 38.3 Å². The molecule has 0 bridgehead atoms. The van der Waals surface area contributed by atoms with E-state index in [2.05, 4.69) is 5.32 Å². The van der Waals surface area contributed by atoms with Gasteiger partial charge in [-0.3, -0.25) is 4.79 Å². The number of carboxylic acids is 1. The topological polar surface area (TPSA) is 90.0 Å². The van der Waals surface area contributed by atoms with Crippen LogP contribution in [0.4, 0.5) is 4.79 Å². The van der Waals surface area contributed by atoms with E-state index in [4.69, 9.17) is 5.11 Å². The van der Waals surface area contributed by atoms with Gasteiger partial charge in [-0.25, -0.2) is 9.59 Å². The van der Waals surface area contributed by atoms with Gasteiger partial charge in [0.15, 0.2) is 0 Å². The molecule has 0 unspecified atom stereocenters. The molecule has 0 radical (unpaired) electrons. The molecular weight excluding hydrogens is 250 g/mol. The van der Waals surface area contributed by atoms with Gasteiger partial charge in [-0.1, -0.05) is 0 Å². The summed E-state index contributed by atoms with van der Waals surface area (Å²) in [6.45, 7) is 4.58. The standard InChI is InChI=1S/C12H19N3O4/c1-12(2)10(18)13-5-7-15(12)11(19)14-6-3-4-8(14)9(16)17/h8H,3-7H2,1-2H3,(H,13,18)(H,16,17)/t8-/m1/s1. The molecule has 2 aliphatic heterocycles. The lowest BCUT2D eigenvalue weighted by molar-refractivity contribution is -0.141. The van der Waals surface area contributed by atoms with Gasteiger partial charge in [0.2, 0.25) is 5.91 Å². The number of amides is 3. The molecule has 0 saturated carbocycles. The highest BCUT2D eigenvalue weighted by atomic mass is 16.4. The number of likely N-dealkylation sites (tertiary alicyclic amines) is 1. The van der Waals surface area contributed by atoms with Crippen molar-refractivity contribution in [1.29, 1.82) is 0 Å². The van der Waals surface area contributed by atoms with E-state index in [9.17, 15) is 14.4 Å². The van der Waals surface area contributed by atoms with Gasteiger partial charge in [0, 0.05) is 19.6 Å². The van der Waals surface area contributed by atoms with Gasteiger partial charge in [-0.15, -0.1) is 0 Å². The van der Waals surface area contributed by atoms with Crippen LogP contribution in [-0.4, -0.2) is 64.0 Å². The zero-order chi connectivity index (χ0) is 14.2. The monoisotopic (exact) mass is 269 g/mol. The molecule has 2 rings (SSSR count). The summed E-state index contributed by atoms with van der Waals surface area (Å²) in [5.74, 6) is -1.19. The number of nitrogens with zero attached hydrogens (tertiary/aromatic N) is 2. The van der Waals surface area contributed by atoms with Crippen LogP contribution in [0.2, 0.25) is 0 Å². The second-order valence-corrected chi connectivity index (χ2v) is 5.44. The van der Waals surface area contributed by atoms with Crippen LogP contribution in [0.5, 0.6) is 0 Å². The molecule has 0 aromatic carbocycles. The molecule has 2 heterocycles. The molecule has 19 heavy (non-hydrogen) atoms. The van der Waals surface area contributed by atoms with Gasteiger partial charge in [0.25, 0.3) is 0 Å². The molecule has 106 valence electrons. The van der Waals surface area contributed by atoms with Crippen molar-refractivity contribution in [1.82, 2.24) is 15.1 Å². The lowest BCUT2D eigenvalue weighted by Gasteiger charge is -2.43. The molecule has 2 aliphatic rings. The molecule has 7 heteroatoms. The van der Waals surface area contributed by atoms with Crippen LogP contribution in [0, 0.1) is 0 Å². The number of aliphatic carboxylic acids is 1. The quantitative estimate of drug-likeness (QED) is 0.693. The Morgan fingerprint density at radius 3 is 2.68 bits per heavy atom. The van der Waals surface area contributed by atoms with Gasteiger partial charge < -0.3 is 20.2 Å². The molecule has 3 amide bonds. The first-order valence-corrected chi connectivity index (χ1v) is 6.45. The molecule has 7 nitrogen and oxygen atoms in total. The molecule has 2 fully saturated rings. The Balaban J connectivity index is 2.19. The number of hydrogen-bond donors (Lipinski definition) is 2. The van der Waals surface area contributed by atoms with Crippen LogP contribution in [-0.2, 0) is 9.59 Å². The van der Waals surface area contributed by atoms with Crippen molar-refractivity contribution >= 4 is 17.9 Å². The van der Waals surface area contributed by atoms with Gasteiger partial charge in [0.05, 0.1) is 0 Å². The minimum absolute atomic E-state index is 0.210. The molecular formula is C12H19N3O4. The van der Waals surface area contributed by atoms with Gasteiger partial charge in [0.1, 0.15) is 11.6 Å². The zero-order valence-corrected chi connectivity index (χ0v) is 11.2. The van der Waals surface area contributed by atoms with Crippen molar-refractivity contribution in [2.24, 2.45) is 0 Å². The third kappa shape index (κ3) is 2.24. The highest BCUT2D eigenvalue weighted by Gasteiger charge is 2.45. The Labute approximate surface area is 111 Å². The first-order valence-electron chi connectivity index (χ1n) is 6.45.